The first-order valence-corrected chi connectivity index (χ1v) is 29.1. The Hall–Kier alpha value is -9.06. The van der Waals surface area contributed by atoms with Crippen LogP contribution in [0.5, 0.6) is 69.0 Å². The van der Waals surface area contributed by atoms with Crippen molar-refractivity contribution >= 4 is 65.4 Å². The molecule has 0 atom stereocenters. The zero-order valence-electron chi connectivity index (χ0n) is 48.9. The molecule has 18 nitrogen and oxygen atoms in total. The molecular formula is C66H78N6O12. The molecule has 0 spiro atoms. The average Bonchev–Trinajstić information content (AvgIpc) is 3.42. The molecule has 6 N–H and O–H groups in total. The third kappa shape index (κ3) is 16.8. The first-order chi connectivity index (χ1) is 40.9. The zero-order chi connectivity index (χ0) is 59.8. The van der Waals surface area contributed by atoms with Gasteiger partial charge in [-0.3, -0.25) is 29.9 Å². The Morgan fingerprint density at radius 2 is 0.393 bits per heavy atom. The lowest BCUT2D eigenvalue weighted by Gasteiger charge is -2.13. The highest BCUT2D eigenvalue weighted by atomic mass is 16.5. The summed E-state index contributed by atoms with van der Waals surface area (Å²) in [5.41, 5.74) is 1.76. The summed E-state index contributed by atoms with van der Waals surface area (Å²) in [4.78, 5) is 28.5. The van der Waals surface area contributed by atoms with E-state index in [-0.39, 0.29) is 32.3 Å². The number of aromatic nitrogens is 6. The number of phenols is 6. The van der Waals surface area contributed by atoms with E-state index in [0.29, 0.717) is 107 Å². The lowest BCUT2D eigenvalue weighted by Crippen LogP contribution is -2.02. The van der Waals surface area contributed by atoms with Crippen molar-refractivity contribution in [3.05, 3.63) is 110 Å². The highest BCUT2D eigenvalue weighted by Crippen LogP contribution is 2.39. The Labute approximate surface area is 489 Å². The first kappa shape index (κ1) is 62.5. The van der Waals surface area contributed by atoms with Gasteiger partial charge in [-0.15, -0.1) is 0 Å². The Bertz CT molecular complexity index is 3110. The topological polar surface area (TPSA) is 254 Å². The monoisotopic (exact) mass is 1150 g/mol. The van der Waals surface area contributed by atoms with Gasteiger partial charge in [-0.05, 0) is 74.9 Å². The molecule has 6 bridgehead atoms. The second-order valence-corrected chi connectivity index (χ2v) is 19.9. The second kappa shape index (κ2) is 32.0. The molecule has 18 heteroatoms. The predicted molar refractivity (Wildman–Crippen MR) is 330 cm³/mol. The number of hydrogen-bond donors (Lipinski definition) is 6. The molecule has 4 heterocycles. The Morgan fingerprint density at radius 1 is 0.250 bits per heavy atom. The van der Waals surface area contributed by atoms with E-state index in [0.717, 1.165) is 77.0 Å². The molecule has 0 aliphatic rings. The summed E-state index contributed by atoms with van der Waals surface area (Å²) in [7, 11) is 0. The fourth-order valence-electron chi connectivity index (χ4n) is 8.16. The number of phenolic OH excluding ortho intramolecular Hbond substituents is 6. The summed E-state index contributed by atoms with van der Waals surface area (Å²) in [5, 5.41) is 70.0. The molecular weight excluding hydrogens is 1070 g/mol. The fourth-order valence-corrected chi connectivity index (χ4v) is 8.16. The fraction of sp³-hybridized carbons (Fsp3) is 0.364. The van der Waals surface area contributed by atoms with Crippen LogP contribution in [0.1, 0.15) is 119 Å². The maximum absolute atomic E-state index is 11.5. The van der Waals surface area contributed by atoms with Gasteiger partial charge in [0.2, 0.25) is 0 Å². The van der Waals surface area contributed by atoms with Gasteiger partial charge in [0, 0.05) is 106 Å². The largest absolute Gasteiger partial charge is 0.504 e. The van der Waals surface area contributed by atoms with Crippen molar-refractivity contribution in [2.45, 2.75) is 119 Å². The van der Waals surface area contributed by atoms with Crippen molar-refractivity contribution in [3.8, 4) is 69.0 Å². The van der Waals surface area contributed by atoms with Gasteiger partial charge < -0.3 is 59.1 Å². The van der Waals surface area contributed by atoms with Crippen molar-refractivity contribution in [1.29, 1.82) is 0 Å². The zero-order valence-corrected chi connectivity index (χ0v) is 48.9. The van der Waals surface area contributed by atoms with Gasteiger partial charge in [0.1, 0.15) is 0 Å². The lowest BCUT2D eigenvalue weighted by atomic mass is 10.2. The lowest BCUT2D eigenvalue weighted by molar-refractivity contribution is 0.262. The van der Waals surface area contributed by atoms with E-state index in [1.54, 1.807) is 72.8 Å². The molecule has 0 amide bonds. The van der Waals surface area contributed by atoms with E-state index in [2.05, 4.69) is 41.5 Å². The highest BCUT2D eigenvalue weighted by molar-refractivity contribution is 5.86. The molecule has 6 aromatic carbocycles. The second-order valence-electron chi connectivity index (χ2n) is 19.9. The van der Waals surface area contributed by atoms with Gasteiger partial charge in [0.05, 0.1) is 72.7 Å². The molecule has 0 fully saturated rings. The van der Waals surface area contributed by atoms with Gasteiger partial charge in [-0.25, -0.2) is 0 Å². The summed E-state index contributed by atoms with van der Waals surface area (Å²) >= 11 is 0. The van der Waals surface area contributed by atoms with E-state index < -0.39 is 34.5 Å². The average molecular weight is 1150 g/mol. The molecule has 0 aliphatic heterocycles. The van der Waals surface area contributed by atoms with Gasteiger partial charge in [0.25, 0.3) is 0 Å². The minimum atomic E-state index is -0.480. The molecule has 0 saturated carbocycles. The molecule has 0 saturated heterocycles. The number of unbranched alkanes of at least 4 members (excludes halogenated alkanes) is 6. The van der Waals surface area contributed by atoms with E-state index >= 15 is 0 Å². The highest BCUT2D eigenvalue weighted by Gasteiger charge is 2.15. The Kier molecular flexibility index (Phi) is 23.8. The minimum Gasteiger partial charge on any atom is -0.504 e. The molecule has 0 unspecified atom stereocenters. The Morgan fingerprint density at radius 3 is 0.524 bits per heavy atom. The standard InChI is InChI=1S/C66H78N6O12/c1-7-13-25-79-55-31-49-50(32-56(55)80-26-14-8-2)68-38-44-21-22-46(64(76)62(44)74)40-70-53-35-59(83-29-17-11-5)60(84-30-18-12-6)36-54(53)72-42-48-24-23-47(65(77)66(48)78)41-71-52-34-58(82-28-16-10-4)57(81-27-15-9-3)33-51(52)69-39-45-20-19-43(37-67-49)61(73)63(45)75/h19-24,31-42,73-78H,7-18,25-30H2,1-6H3. The summed E-state index contributed by atoms with van der Waals surface area (Å²) in [5.74, 6) is -0.335. The van der Waals surface area contributed by atoms with Crippen LogP contribution in [0.3, 0.4) is 0 Å². The van der Waals surface area contributed by atoms with Crippen LogP contribution in [0.2, 0.25) is 0 Å². The van der Waals surface area contributed by atoms with Gasteiger partial charge in [-0.1, -0.05) is 80.1 Å². The van der Waals surface area contributed by atoms with Gasteiger partial charge >= 0.3 is 0 Å². The SMILES string of the molecule is CCCCOc1cc2ncc3ccc(cnc4cc(OCCCC)c(OCCCC)cc4ncc4ccc(cnc5cc(OCCCC)c(OCCCC)cc5ncc5ccc(cnc2cc1OCCCC)c(O)c5O)c(O)c4O)c(O)c3O. The number of benzene rings is 6. The maximum atomic E-state index is 11.5. The smallest absolute Gasteiger partial charge is 0.167 e. The normalized spacial score (nSPS) is 10.9. The van der Waals surface area contributed by atoms with Crippen LogP contribution >= 0.6 is 0 Å². The minimum absolute atomic E-state index is 0.158. The van der Waals surface area contributed by atoms with Crippen molar-refractivity contribution < 1.29 is 59.1 Å². The number of nitrogens with zero attached hydrogens (tertiary/aromatic N) is 6. The number of hydrogen-bond acceptors (Lipinski definition) is 18. The Balaban J connectivity index is 1.58. The summed E-state index contributed by atoms with van der Waals surface area (Å²) < 4.78 is 37.4. The van der Waals surface area contributed by atoms with Crippen molar-refractivity contribution in [3.63, 3.8) is 0 Å². The summed E-state index contributed by atoms with van der Waals surface area (Å²) in [6, 6.07) is 19.5. The summed E-state index contributed by atoms with van der Waals surface area (Å²) in [6.07, 6.45) is 18.4. The molecule has 84 heavy (non-hydrogen) atoms. The molecule has 4 aromatic heterocycles. The maximum Gasteiger partial charge on any atom is 0.167 e. The number of rotatable bonds is 24. The predicted octanol–water partition coefficient (Wildman–Crippen LogP) is 15.3. The van der Waals surface area contributed by atoms with Crippen molar-refractivity contribution in [2.24, 2.45) is 0 Å². The molecule has 0 radical (unpaired) electrons. The van der Waals surface area contributed by atoms with Crippen LogP contribution in [0.4, 0.5) is 0 Å². The number of fused-ring (bicyclic) bond motifs is 3. The number of aromatic hydroxyl groups is 6. The quantitative estimate of drug-likeness (QED) is 0.0243. The third-order valence-corrected chi connectivity index (χ3v) is 13.4. The molecule has 10 aromatic rings. The number of ether oxygens (including phenoxy) is 6. The third-order valence-electron chi connectivity index (χ3n) is 13.4. The van der Waals surface area contributed by atoms with Crippen LogP contribution in [-0.4, -0.2) is 100 Å². The summed E-state index contributed by atoms with van der Waals surface area (Å²) in [6.45, 7) is 14.8. The van der Waals surface area contributed by atoms with Crippen LogP contribution in [0, 0.1) is 0 Å². The van der Waals surface area contributed by atoms with Crippen molar-refractivity contribution in [2.75, 3.05) is 39.6 Å². The van der Waals surface area contributed by atoms with Crippen LogP contribution in [0.25, 0.3) is 65.4 Å². The van der Waals surface area contributed by atoms with Crippen LogP contribution in [-0.2, 0) is 0 Å². The molecule has 444 valence electrons. The van der Waals surface area contributed by atoms with E-state index in [4.69, 9.17) is 58.3 Å². The van der Waals surface area contributed by atoms with E-state index in [1.165, 1.54) is 37.2 Å². The van der Waals surface area contributed by atoms with Gasteiger partial charge in [-0.2, -0.15) is 0 Å². The first-order valence-electron chi connectivity index (χ1n) is 29.1. The van der Waals surface area contributed by atoms with Crippen molar-refractivity contribution in [1.82, 2.24) is 29.9 Å². The van der Waals surface area contributed by atoms with E-state index in [1.807, 2.05) is 0 Å². The molecule has 10 rings (SSSR count). The van der Waals surface area contributed by atoms with Gasteiger partial charge in [0.15, 0.2) is 69.0 Å². The van der Waals surface area contributed by atoms with E-state index in [9.17, 15) is 30.6 Å². The van der Waals surface area contributed by atoms with Crippen LogP contribution < -0.4 is 28.4 Å². The molecule has 0 aliphatic carbocycles. The van der Waals surface area contributed by atoms with Crippen LogP contribution in [0.15, 0.2) is 110 Å².